The van der Waals surface area contributed by atoms with Crippen molar-refractivity contribution in [1.82, 2.24) is 10.2 Å². The van der Waals surface area contributed by atoms with Crippen LogP contribution in [0.5, 0.6) is 5.75 Å². The van der Waals surface area contributed by atoms with Crippen molar-refractivity contribution in [2.45, 2.75) is 59.2 Å². The smallest absolute Gasteiger partial charge is 0.261 e. The van der Waals surface area contributed by atoms with Gasteiger partial charge in [0.15, 0.2) is 6.61 Å². The second kappa shape index (κ2) is 12.0. The number of halogens is 1. The monoisotopic (exact) mass is 524 g/mol. The molecular formula is C28H33BrN2O3. The first-order valence-corrected chi connectivity index (χ1v) is 12.6. The van der Waals surface area contributed by atoms with E-state index in [0.717, 1.165) is 32.8 Å². The Labute approximate surface area is 210 Å². The molecule has 180 valence electrons. The topological polar surface area (TPSA) is 58.6 Å². The van der Waals surface area contributed by atoms with Crippen LogP contribution in [0.25, 0.3) is 10.8 Å². The second-order valence-electron chi connectivity index (χ2n) is 8.64. The molecule has 3 rings (SSSR count). The van der Waals surface area contributed by atoms with Crippen LogP contribution in [-0.2, 0) is 16.1 Å². The Morgan fingerprint density at radius 1 is 1.03 bits per heavy atom. The summed E-state index contributed by atoms with van der Waals surface area (Å²) in [5, 5.41) is 5.14. The van der Waals surface area contributed by atoms with E-state index in [0.29, 0.717) is 18.7 Å². The highest BCUT2D eigenvalue weighted by Crippen LogP contribution is 2.33. The van der Waals surface area contributed by atoms with E-state index in [4.69, 9.17) is 4.74 Å². The molecule has 0 bridgehead atoms. The van der Waals surface area contributed by atoms with Crippen LogP contribution < -0.4 is 10.1 Å². The minimum absolute atomic E-state index is 0.0438. The number of carbonyl (C=O) groups excluding carboxylic acids is 2. The Balaban J connectivity index is 1.83. The summed E-state index contributed by atoms with van der Waals surface area (Å²) >= 11 is 3.62. The molecule has 0 fully saturated rings. The molecule has 2 amide bonds. The first-order valence-electron chi connectivity index (χ1n) is 11.8. The molecule has 0 aliphatic rings. The minimum atomic E-state index is -0.578. The Kier molecular flexibility index (Phi) is 9.11. The summed E-state index contributed by atoms with van der Waals surface area (Å²) in [6.07, 6.45) is 1.34. The van der Waals surface area contributed by atoms with Crippen molar-refractivity contribution in [1.29, 1.82) is 0 Å². The van der Waals surface area contributed by atoms with Gasteiger partial charge in [0, 0.05) is 12.6 Å². The third kappa shape index (κ3) is 6.38. The van der Waals surface area contributed by atoms with E-state index in [9.17, 15) is 9.59 Å². The number of carbonyl (C=O) groups is 2. The van der Waals surface area contributed by atoms with E-state index in [2.05, 4.69) is 21.2 Å². The molecule has 5 nitrogen and oxygen atoms in total. The second-order valence-corrected chi connectivity index (χ2v) is 9.43. The fraction of sp³-hybridized carbons (Fsp3) is 0.357. The standard InChI is InChI=1S/C28H33BrN2O3/c1-5-20(4)30-28(33)24(6-2)31(17-21-11-9-10-19(3)16-21)26(32)18-34-25-15-14-22-12-7-8-13-23(22)27(25)29/h7-16,20,24H,5-6,17-18H2,1-4H3,(H,30,33)/t20-,24+/m1/s1. The van der Waals surface area contributed by atoms with Gasteiger partial charge >= 0.3 is 0 Å². The van der Waals surface area contributed by atoms with Crippen LogP contribution in [-0.4, -0.2) is 35.4 Å². The number of nitrogens with one attached hydrogen (secondary N) is 1. The zero-order chi connectivity index (χ0) is 24.7. The third-order valence-electron chi connectivity index (χ3n) is 6.00. The van der Waals surface area contributed by atoms with Crippen LogP contribution in [0.3, 0.4) is 0 Å². The zero-order valence-electron chi connectivity index (χ0n) is 20.3. The van der Waals surface area contributed by atoms with Gasteiger partial charge in [-0.05, 0) is 65.0 Å². The number of aryl methyl sites for hydroxylation is 1. The molecule has 0 aliphatic carbocycles. The summed E-state index contributed by atoms with van der Waals surface area (Å²) in [5.74, 6) is 0.233. The van der Waals surface area contributed by atoms with Crippen LogP contribution >= 0.6 is 15.9 Å². The molecule has 6 heteroatoms. The van der Waals surface area contributed by atoms with Gasteiger partial charge in [-0.3, -0.25) is 9.59 Å². The van der Waals surface area contributed by atoms with E-state index >= 15 is 0 Å². The summed E-state index contributed by atoms with van der Waals surface area (Å²) < 4.78 is 6.77. The van der Waals surface area contributed by atoms with Crippen LogP contribution in [0.4, 0.5) is 0 Å². The first kappa shape index (κ1) is 25.8. The zero-order valence-corrected chi connectivity index (χ0v) is 21.9. The maximum Gasteiger partial charge on any atom is 0.261 e. The molecule has 3 aromatic carbocycles. The molecule has 0 saturated heterocycles. The summed E-state index contributed by atoms with van der Waals surface area (Å²) in [4.78, 5) is 28.2. The summed E-state index contributed by atoms with van der Waals surface area (Å²) in [7, 11) is 0. The van der Waals surface area contributed by atoms with Crippen molar-refractivity contribution in [2.24, 2.45) is 0 Å². The molecule has 0 spiro atoms. The number of hydrogen-bond donors (Lipinski definition) is 1. The molecular weight excluding hydrogens is 492 g/mol. The average molecular weight is 525 g/mol. The first-order chi connectivity index (χ1) is 16.3. The van der Waals surface area contributed by atoms with Crippen LogP contribution in [0, 0.1) is 6.92 Å². The van der Waals surface area contributed by atoms with Crippen molar-refractivity contribution in [3.8, 4) is 5.75 Å². The largest absolute Gasteiger partial charge is 0.483 e. The lowest BCUT2D eigenvalue weighted by molar-refractivity contribution is -0.143. The van der Waals surface area contributed by atoms with Gasteiger partial charge in [-0.15, -0.1) is 0 Å². The SMILES string of the molecule is CC[C@@H](C)NC(=O)[C@H](CC)N(Cc1cccc(C)c1)C(=O)COc1ccc2ccccc2c1Br. The minimum Gasteiger partial charge on any atom is -0.483 e. The van der Waals surface area contributed by atoms with E-state index in [1.54, 1.807) is 4.90 Å². The van der Waals surface area contributed by atoms with Gasteiger partial charge in [0.1, 0.15) is 11.8 Å². The summed E-state index contributed by atoms with van der Waals surface area (Å²) in [5.41, 5.74) is 2.09. The highest BCUT2D eigenvalue weighted by atomic mass is 79.9. The van der Waals surface area contributed by atoms with Gasteiger partial charge in [-0.25, -0.2) is 0 Å². The predicted molar refractivity (Wildman–Crippen MR) is 141 cm³/mol. The van der Waals surface area contributed by atoms with Crippen molar-refractivity contribution in [3.63, 3.8) is 0 Å². The lowest BCUT2D eigenvalue weighted by Gasteiger charge is -2.31. The highest BCUT2D eigenvalue weighted by molar-refractivity contribution is 9.10. The number of benzene rings is 3. The Hall–Kier alpha value is -2.86. The van der Waals surface area contributed by atoms with Gasteiger partial charge in [0.2, 0.25) is 5.91 Å². The van der Waals surface area contributed by atoms with Gasteiger partial charge in [-0.1, -0.05) is 74.0 Å². The number of hydrogen-bond acceptors (Lipinski definition) is 3. The van der Waals surface area contributed by atoms with Crippen molar-refractivity contribution >= 4 is 38.5 Å². The highest BCUT2D eigenvalue weighted by Gasteiger charge is 2.29. The molecule has 1 N–H and O–H groups in total. The molecule has 2 atom stereocenters. The van der Waals surface area contributed by atoms with Gasteiger partial charge in [0.05, 0.1) is 4.47 Å². The average Bonchev–Trinajstić information content (AvgIpc) is 2.83. The van der Waals surface area contributed by atoms with Crippen molar-refractivity contribution in [2.75, 3.05) is 6.61 Å². The number of rotatable bonds is 10. The maximum atomic E-state index is 13.4. The summed E-state index contributed by atoms with van der Waals surface area (Å²) in [6.45, 7) is 8.13. The normalized spacial score (nSPS) is 12.7. The van der Waals surface area contributed by atoms with E-state index < -0.39 is 6.04 Å². The van der Waals surface area contributed by atoms with E-state index in [1.165, 1.54) is 0 Å². The third-order valence-corrected chi connectivity index (χ3v) is 6.82. The molecule has 3 aromatic rings. The van der Waals surface area contributed by atoms with Gasteiger partial charge in [0.25, 0.3) is 5.91 Å². The Morgan fingerprint density at radius 2 is 1.79 bits per heavy atom. The quantitative estimate of drug-likeness (QED) is 0.353. The molecule has 0 saturated carbocycles. The number of ether oxygens (including phenoxy) is 1. The van der Waals surface area contributed by atoms with Gasteiger partial charge in [-0.2, -0.15) is 0 Å². The summed E-state index contributed by atoms with van der Waals surface area (Å²) in [6, 6.07) is 19.3. The molecule has 0 heterocycles. The van der Waals surface area contributed by atoms with Crippen molar-refractivity contribution in [3.05, 3.63) is 76.3 Å². The van der Waals surface area contributed by atoms with E-state index in [-0.39, 0.29) is 24.5 Å². The lowest BCUT2D eigenvalue weighted by atomic mass is 10.1. The van der Waals surface area contributed by atoms with Crippen LogP contribution in [0.1, 0.15) is 44.7 Å². The van der Waals surface area contributed by atoms with Crippen molar-refractivity contribution < 1.29 is 14.3 Å². The molecule has 0 aliphatic heterocycles. The number of fused-ring (bicyclic) bond motifs is 1. The van der Waals surface area contributed by atoms with Crippen LogP contribution in [0.15, 0.2) is 65.1 Å². The van der Waals surface area contributed by atoms with Crippen LogP contribution in [0.2, 0.25) is 0 Å². The molecule has 0 unspecified atom stereocenters. The Morgan fingerprint density at radius 3 is 2.50 bits per heavy atom. The molecule has 0 aromatic heterocycles. The predicted octanol–water partition coefficient (Wildman–Crippen LogP) is 6.01. The number of nitrogens with zero attached hydrogens (tertiary/aromatic N) is 1. The lowest BCUT2D eigenvalue weighted by Crippen LogP contribution is -2.51. The maximum absolute atomic E-state index is 13.4. The molecule has 34 heavy (non-hydrogen) atoms. The van der Waals surface area contributed by atoms with Gasteiger partial charge < -0.3 is 15.0 Å². The molecule has 0 radical (unpaired) electrons. The number of amides is 2. The Bertz CT molecular complexity index is 1150. The fourth-order valence-corrected chi connectivity index (χ4v) is 4.52. The van der Waals surface area contributed by atoms with E-state index in [1.807, 2.05) is 88.4 Å². The fourth-order valence-electron chi connectivity index (χ4n) is 3.92.